The number of benzene rings is 1. The minimum absolute atomic E-state index is 0.117. The third-order valence-corrected chi connectivity index (χ3v) is 4.25. The second-order valence-electron chi connectivity index (χ2n) is 6.54. The van der Waals surface area contributed by atoms with E-state index in [0.29, 0.717) is 24.3 Å². The summed E-state index contributed by atoms with van der Waals surface area (Å²) in [6, 6.07) is 9.13. The standard InChI is InChI=1S/C19H28N2O/c1-5-19(22)14(4)10-16(21-13(2)3)11-15-12-20-18-9-7-6-8-17(15)18/h6-9,12-14,16,20-21H,5,10-11H2,1-4H3/t14?,16-/m1/s1. The van der Waals surface area contributed by atoms with E-state index in [-0.39, 0.29) is 5.92 Å². The summed E-state index contributed by atoms with van der Waals surface area (Å²) in [5.41, 5.74) is 2.50. The SMILES string of the molecule is CCC(=O)C(C)C[C@H](Cc1c[nH]c2ccccc12)NC(C)C. The Hall–Kier alpha value is -1.61. The smallest absolute Gasteiger partial charge is 0.135 e. The molecule has 0 amide bonds. The highest BCUT2D eigenvalue weighted by Gasteiger charge is 2.19. The fraction of sp³-hybridized carbons (Fsp3) is 0.526. The first kappa shape index (κ1) is 16.8. The normalized spacial score (nSPS) is 14.4. The number of hydrogen-bond acceptors (Lipinski definition) is 2. The molecule has 0 radical (unpaired) electrons. The lowest BCUT2D eigenvalue weighted by molar-refractivity contribution is -0.122. The van der Waals surface area contributed by atoms with Crippen molar-refractivity contribution in [2.75, 3.05) is 0 Å². The monoisotopic (exact) mass is 300 g/mol. The summed E-state index contributed by atoms with van der Waals surface area (Å²) in [4.78, 5) is 15.3. The van der Waals surface area contributed by atoms with Crippen LogP contribution in [-0.2, 0) is 11.2 Å². The van der Waals surface area contributed by atoms with Gasteiger partial charge in [0.2, 0.25) is 0 Å². The molecule has 1 aromatic heterocycles. The molecule has 0 aliphatic heterocycles. The second kappa shape index (κ2) is 7.59. The zero-order valence-electron chi connectivity index (χ0n) is 14.1. The van der Waals surface area contributed by atoms with Crippen LogP contribution in [-0.4, -0.2) is 22.9 Å². The van der Waals surface area contributed by atoms with Crippen LogP contribution in [0.2, 0.25) is 0 Å². The Kier molecular flexibility index (Phi) is 5.78. The summed E-state index contributed by atoms with van der Waals surface area (Å²) in [5, 5.41) is 4.91. The van der Waals surface area contributed by atoms with Gasteiger partial charge in [0.1, 0.15) is 5.78 Å². The molecule has 2 atom stereocenters. The molecule has 0 saturated heterocycles. The van der Waals surface area contributed by atoms with Gasteiger partial charge in [0.25, 0.3) is 0 Å². The van der Waals surface area contributed by atoms with E-state index in [1.54, 1.807) is 0 Å². The van der Waals surface area contributed by atoms with E-state index in [0.717, 1.165) is 12.8 Å². The van der Waals surface area contributed by atoms with Crippen molar-refractivity contribution in [3.05, 3.63) is 36.0 Å². The van der Waals surface area contributed by atoms with E-state index in [1.807, 2.05) is 6.92 Å². The van der Waals surface area contributed by atoms with Gasteiger partial charge in [-0.25, -0.2) is 0 Å². The Morgan fingerprint density at radius 3 is 2.64 bits per heavy atom. The number of carbonyl (C=O) groups is 1. The van der Waals surface area contributed by atoms with Crippen molar-refractivity contribution < 1.29 is 4.79 Å². The van der Waals surface area contributed by atoms with Crippen LogP contribution >= 0.6 is 0 Å². The Balaban J connectivity index is 2.13. The van der Waals surface area contributed by atoms with E-state index in [2.05, 4.69) is 61.5 Å². The predicted molar refractivity (Wildman–Crippen MR) is 93.1 cm³/mol. The average Bonchev–Trinajstić information content (AvgIpc) is 2.89. The van der Waals surface area contributed by atoms with Gasteiger partial charge in [0, 0.05) is 41.5 Å². The predicted octanol–water partition coefficient (Wildman–Crippen LogP) is 4.08. The van der Waals surface area contributed by atoms with Crippen molar-refractivity contribution in [2.24, 2.45) is 5.92 Å². The van der Waals surface area contributed by atoms with Crippen molar-refractivity contribution in [3.63, 3.8) is 0 Å². The third-order valence-electron chi connectivity index (χ3n) is 4.25. The summed E-state index contributed by atoms with van der Waals surface area (Å²) < 4.78 is 0. The first-order chi connectivity index (χ1) is 10.5. The van der Waals surface area contributed by atoms with Gasteiger partial charge in [-0.1, -0.05) is 45.9 Å². The van der Waals surface area contributed by atoms with Gasteiger partial charge in [-0.2, -0.15) is 0 Å². The zero-order chi connectivity index (χ0) is 16.1. The molecule has 1 aromatic carbocycles. The molecule has 0 aliphatic rings. The molecule has 3 nitrogen and oxygen atoms in total. The van der Waals surface area contributed by atoms with Crippen molar-refractivity contribution in [3.8, 4) is 0 Å². The summed E-state index contributed by atoms with van der Waals surface area (Å²) in [6.45, 7) is 8.32. The van der Waals surface area contributed by atoms with Gasteiger partial charge in [0.15, 0.2) is 0 Å². The van der Waals surface area contributed by atoms with Crippen LogP contribution in [0, 0.1) is 5.92 Å². The molecule has 0 bridgehead atoms. The van der Waals surface area contributed by atoms with E-state index >= 15 is 0 Å². The van der Waals surface area contributed by atoms with Gasteiger partial charge in [0.05, 0.1) is 0 Å². The molecular formula is C19H28N2O. The first-order valence-electron chi connectivity index (χ1n) is 8.35. The van der Waals surface area contributed by atoms with E-state index < -0.39 is 0 Å². The van der Waals surface area contributed by atoms with Gasteiger partial charge >= 0.3 is 0 Å². The summed E-state index contributed by atoms with van der Waals surface area (Å²) in [5.74, 6) is 0.473. The number of hydrogen-bond donors (Lipinski definition) is 2. The highest BCUT2D eigenvalue weighted by atomic mass is 16.1. The lowest BCUT2D eigenvalue weighted by Crippen LogP contribution is -2.38. The molecule has 0 fully saturated rings. The molecular weight excluding hydrogens is 272 g/mol. The van der Waals surface area contributed by atoms with Gasteiger partial charge < -0.3 is 10.3 Å². The number of carbonyl (C=O) groups excluding carboxylic acids is 1. The number of aromatic amines is 1. The topological polar surface area (TPSA) is 44.9 Å². The molecule has 2 rings (SSSR count). The fourth-order valence-corrected chi connectivity index (χ4v) is 3.15. The number of aromatic nitrogens is 1. The minimum Gasteiger partial charge on any atom is -0.361 e. The summed E-state index contributed by atoms with van der Waals surface area (Å²) >= 11 is 0. The zero-order valence-corrected chi connectivity index (χ0v) is 14.1. The summed E-state index contributed by atoms with van der Waals surface area (Å²) in [7, 11) is 0. The molecule has 0 aliphatic carbocycles. The van der Waals surface area contributed by atoms with E-state index in [9.17, 15) is 4.79 Å². The molecule has 0 saturated carbocycles. The fourth-order valence-electron chi connectivity index (χ4n) is 3.15. The lowest BCUT2D eigenvalue weighted by atomic mass is 9.92. The molecule has 3 heteroatoms. The van der Waals surface area contributed by atoms with E-state index in [1.165, 1.54) is 16.5 Å². The highest BCUT2D eigenvalue weighted by molar-refractivity contribution is 5.83. The van der Waals surface area contributed by atoms with Crippen LogP contribution in [0.5, 0.6) is 0 Å². The molecule has 2 aromatic rings. The van der Waals surface area contributed by atoms with Gasteiger partial charge in [-0.15, -0.1) is 0 Å². The number of nitrogens with one attached hydrogen (secondary N) is 2. The van der Waals surface area contributed by atoms with E-state index in [4.69, 9.17) is 0 Å². The van der Waals surface area contributed by atoms with Crippen LogP contribution in [0.15, 0.2) is 30.5 Å². The first-order valence-corrected chi connectivity index (χ1v) is 8.35. The number of H-pyrrole nitrogens is 1. The molecule has 22 heavy (non-hydrogen) atoms. The summed E-state index contributed by atoms with van der Waals surface area (Å²) in [6.07, 6.45) is 4.57. The minimum atomic E-state index is 0.117. The van der Waals surface area contributed by atoms with Crippen molar-refractivity contribution >= 4 is 16.7 Å². The van der Waals surface area contributed by atoms with Gasteiger partial charge in [-0.05, 0) is 24.5 Å². The van der Waals surface area contributed by atoms with Crippen LogP contribution < -0.4 is 5.32 Å². The second-order valence-corrected chi connectivity index (χ2v) is 6.54. The Bertz CT molecular complexity index is 615. The van der Waals surface area contributed by atoms with Crippen LogP contribution in [0.25, 0.3) is 10.9 Å². The Morgan fingerprint density at radius 1 is 1.23 bits per heavy atom. The van der Waals surface area contributed by atoms with Crippen molar-refractivity contribution in [1.29, 1.82) is 0 Å². The average molecular weight is 300 g/mol. The van der Waals surface area contributed by atoms with Gasteiger partial charge in [-0.3, -0.25) is 4.79 Å². The van der Waals surface area contributed by atoms with Crippen LogP contribution in [0.4, 0.5) is 0 Å². The number of ketones is 1. The Morgan fingerprint density at radius 2 is 1.95 bits per heavy atom. The lowest BCUT2D eigenvalue weighted by Gasteiger charge is -2.24. The molecule has 0 spiro atoms. The maximum Gasteiger partial charge on any atom is 0.135 e. The molecule has 120 valence electrons. The largest absolute Gasteiger partial charge is 0.361 e. The van der Waals surface area contributed by atoms with Crippen LogP contribution in [0.1, 0.15) is 46.1 Å². The third kappa shape index (κ3) is 4.20. The molecule has 2 N–H and O–H groups in total. The molecule has 1 heterocycles. The van der Waals surface area contributed by atoms with Crippen molar-refractivity contribution in [2.45, 2.75) is 59.0 Å². The maximum atomic E-state index is 11.9. The highest BCUT2D eigenvalue weighted by Crippen LogP contribution is 2.21. The van der Waals surface area contributed by atoms with Crippen LogP contribution in [0.3, 0.4) is 0 Å². The maximum absolute atomic E-state index is 11.9. The Labute approximate surface area is 133 Å². The quantitative estimate of drug-likeness (QED) is 0.771. The molecule has 1 unspecified atom stereocenters. The number of Topliss-reactive ketones (excluding diaryl/α,β-unsaturated/α-hetero) is 1. The number of rotatable bonds is 8. The van der Waals surface area contributed by atoms with Crippen molar-refractivity contribution in [1.82, 2.24) is 10.3 Å². The number of fused-ring (bicyclic) bond motifs is 1. The number of para-hydroxylation sites is 1.